The Kier molecular flexibility index (Phi) is 4.93. The van der Waals surface area contributed by atoms with Crippen molar-refractivity contribution in [1.29, 1.82) is 0 Å². The molecule has 1 aromatic rings. The summed E-state index contributed by atoms with van der Waals surface area (Å²) >= 11 is 0. The van der Waals surface area contributed by atoms with Crippen LogP contribution in [0.15, 0.2) is 55.6 Å². The molecule has 2 aliphatic heterocycles. The van der Waals surface area contributed by atoms with Gasteiger partial charge in [0.25, 0.3) is 0 Å². The first-order valence-corrected chi connectivity index (χ1v) is 8.52. The lowest BCUT2D eigenvalue weighted by molar-refractivity contribution is -0.149. The van der Waals surface area contributed by atoms with Crippen molar-refractivity contribution in [3.63, 3.8) is 0 Å². The zero-order chi connectivity index (χ0) is 17.9. The first kappa shape index (κ1) is 17.3. The van der Waals surface area contributed by atoms with E-state index in [9.17, 15) is 9.59 Å². The summed E-state index contributed by atoms with van der Waals surface area (Å²) in [5.74, 6) is -0.275. The number of benzene rings is 1. The second-order valence-corrected chi connectivity index (χ2v) is 6.55. The van der Waals surface area contributed by atoms with E-state index in [2.05, 4.69) is 13.2 Å². The maximum absolute atomic E-state index is 12.6. The summed E-state index contributed by atoms with van der Waals surface area (Å²) < 4.78 is 11.0. The molecule has 0 unspecified atom stereocenters. The summed E-state index contributed by atoms with van der Waals surface area (Å²) in [7, 11) is 0. The molecule has 132 valence electrons. The van der Waals surface area contributed by atoms with Crippen molar-refractivity contribution in [3.05, 3.63) is 61.2 Å². The molecule has 5 heteroatoms. The van der Waals surface area contributed by atoms with E-state index in [0.29, 0.717) is 25.8 Å². The van der Waals surface area contributed by atoms with E-state index in [4.69, 9.17) is 9.47 Å². The highest BCUT2D eigenvalue weighted by molar-refractivity contribution is 5.83. The van der Waals surface area contributed by atoms with Crippen LogP contribution in [0.25, 0.3) is 0 Å². The van der Waals surface area contributed by atoms with Crippen molar-refractivity contribution in [1.82, 2.24) is 4.90 Å². The molecule has 0 bridgehead atoms. The molecule has 0 saturated carbocycles. The standard InChI is InChI=1S/C20H23NO4/c1-3-11-20(12-4-2)17-16(25-18(20)22)10-13-21(17)19(23)24-14-15-8-6-5-7-9-15/h3-9,16-17H,1-2,10-14H2/t16-,17+/m0/s1. The van der Waals surface area contributed by atoms with Gasteiger partial charge in [0, 0.05) is 13.0 Å². The average molecular weight is 341 g/mol. The monoisotopic (exact) mass is 341 g/mol. The van der Waals surface area contributed by atoms with Crippen molar-refractivity contribution >= 4 is 12.1 Å². The van der Waals surface area contributed by atoms with Crippen molar-refractivity contribution < 1.29 is 19.1 Å². The fourth-order valence-electron chi connectivity index (χ4n) is 3.93. The van der Waals surface area contributed by atoms with E-state index in [-0.39, 0.29) is 24.7 Å². The topological polar surface area (TPSA) is 55.8 Å². The van der Waals surface area contributed by atoms with E-state index in [1.165, 1.54) is 0 Å². The highest BCUT2D eigenvalue weighted by Crippen LogP contribution is 2.48. The van der Waals surface area contributed by atoms with Gasteiger partial charge >= 0.3 is 12.1 Å². The molecule has 2 atom stereocenters. The largest absolute Gasteiger partial charge is 0.460 e. The van der Waals surface area contributed by atoms with Crippen molar-refractivity contribution in [2.75, 3.05) is 6.54 Å². The van der Waals surface area contributed by atoms with Crippen LogP contribution in [0.3, 0.4) is 0 Å². The highest BCUT2D eigenvalue weighted by atomic mass is 16.6. The highest BCUT2D eigenvalue weighted by Gasteiger charge is 2.61. The first-order valence-electron chi connectivity index (χ1n) is 8.52. The van der Waals surface area contributed by atoms with Gasteiger partial charge in [-0.2, -0.15) is 0 Å². The Morgan fingerprint density at radius 3 is 2.60 bits per heavy atom. The van der Waals surface area contributed by atoms with Crippen LogP contribution in [-0.4, -0.2) is 35.7 Å². The van der Waals surface area contributed by atoms with Crippen LogP contribution in [0.1, 0.15) is 24.8 Å². The van der Waals surface area contributed by atoms with Gasteiger partial charge in [-0.05, 0) is 18.4 Å². The SMILES string of the molecule is C=CCC1(CC=C)C(=O)O[C@H]2CCN(C(=O)OCc3ccccc3)[C@H]21. The molecule has 3 rings (SSSR count). The number of amides is 1. The molecule has 0 N–H and O–H groups in total. The predicted molar refractivity (Wildman–Crippen MR) is 93.7 cm³/mol. The number of fused-ring (bicyclic) bond motifs is 1. The van der Waals surface area contributed by atoms with Crippen LogP contribution in [0, 0.1) is 5.41 Å². The zero-order valence-corrected chi connectivity index (χ0v) is 14.2. The first-order chi connectivity index (χ1) is 12.1. The number of carbonyl (C=O) groups is 2. The van der Waals surface area contributed by atoms with E-state index in [0.717, 1.165) is 5.56 Å². The number of hydrogen-bond acceptors (Lipinski definition) is 4. The number of allylic oxidation sites excluding steroid dienone is 2. The Labute approximate surface area is 147 Å². The van der Waals surface area contributed by atoms with Gasteiger partial charge in [-0.3, -0.25) is 4.79 Å². The summed E-state index contributed by atoms with van der Waals surface area (Å²) in [5.41, 5.74) is 0.116. The van der Waals surface area contributed by atoms with E-state index in [1.807, 2.05) is 30.3 Å². The van der Waals surface area contributed by atoms with Gasteiger partial charge in [0.2, 0.25) is 0 Å². The summed E-state index contributed by atoms with van der Waals surface area (Å²) in [5, 5.41) is 0. The minimum absolute atomic E-state index is 0.207. The quantitative estimate of drug-likeness (QED) is 0.587. The molecule has 1 aromatic carbocycles. The zero-order valence-electron chi connectivity index (χ0n) is 14.2. The van der Waals surface area contributed by atoms with Gasteiger partial charge in [0.15, 0.2) is 0 Å². The van der Waals surface area contributed by atoms with Gasteiger partial charge < -0.3 is 14.4 Å². The number of carbonyl (C=O) groups excluding carboxylic acids is 2. The number of likely N-dealkylation sites (tertiary alicyclic amines) is 1. The van der Waals surface area contributed by atoms with Crippen molar-refractivity contribution in [3.8, 4) is 0 Å². The normalized spacial score (nSPS) is 23.7. The van der Waals surface area contributed by atoms with E-state index >= 15 is 0 Å². The third-order valence-corrected chi connectivity index (χ3v) is 5.03. The molecule has 2 aliphatic rings. The Bertz CT molecular complexity index is 660. The van der Waals surface area contributed by atoms with Gasteiger partial charge in [-0.1, -0.05) is 42.5 Å². The second kappa shape index (κ2) is 7.13. The molecular formula is C20H23NO4. The third-order valence-electron chi connectivity index (χ3n) is 5.03. The molecule has 0 radical (unpaired) electrons. The number of ether oxygens (including phenoxy) is 2. The number of esters is 1. The second-order valence-electron chi connectivity index (χ2n) is 6.55. The van der Waals surface area contributed by atoms with Crippen molar-refractivity contribution in [2.45, 2.75) is 38.0 Å². The fourth-order valence-corrected chi connectivity index (χ4v) is 3.93. The number of rotatable bonds is 6. The molecule has 2 heterocycles. The minimum atomic E-state index is -0.809. The maximum Gasteiger partial charge on any atom is 0.410 e. The number of hydrogen-bond donors (Lipinski definition) is 0. The van der Waals surface area contributed by atoms with Gasteiger partial charge in [0.1, 0.15) is 12.7 Å². The predicted octanol–water partition coefficient (Wildman–Crippen LogP) is 3.46. The van der Waals surface area contributed by atoms with E-state index in [1.54, 1.807) is 17.1 Å². The fraction of sp³-hybridized carbons (Fsp3) is 0.400. The Morgan fingerprint density at radius 1 is 1.28 bits per heavy atom. The smallest absolute Gasteiger partial charge is 0.410 e. The van der Waals surface area contributed by atoms with Crippen molar-refractivity contribution in [2.24, 2.45) is 5.41 Å². The molecular weight excluding hydrogens is 318 g/mol. The van der Waals surface area contributed by atoms with Crippen LogP contribution in [0.2, 0.25) is 0 Å². The molecule has 0 aromatic heterocycles. The summed E-state index contributed by atoms with van der Waals surface area (Å²) in [6.07, 6.45) is 4.25. The van der Waals surface area contributed by atoms with Gasteiger partial charge in [0.05, 0.1) is 11.5 Å². The molecule has 2 saturated heterocycles. The Balaban J connectivity index is 1.77. The van der Waals surface area contributed by atoms with E-state index < -0.39 is 11.5 Å². The summed E-state index contributed by atoms with van der Waals surface area (Å²) in [4.78, 5) is 26.8. The lowest BCUT2D eigenvalue weighted by atomic mass is 9.74. The lowest BCUT2D eigenvalue weighted by Gasteiger charge is -2.34. The molecule has 5 nitrogen and oxygen atoms in total. The Hall–Kier alpha value is -2.56. The maximum atomic E-state index is 12.6. The molecule has 0 spiro atoms. The average Bonchev–Trinajstić information content (AvgIpc) is 3.14. The van der Waals surface area contributed by atoms with Crippen LogP contribution in [0.5, 0.6) is 0 Å². The van der Waals surface area contributed by atoms with Crippen LogP contribution in [-0.2, 0) is 20.9 Å². The summed E-state index contributed by atoms with van der Waals surface area (Å²) in [6.45, 7) is 8.27. The molecule has 0 aliphatic carbocycles. The van der Waals surface area contributed by atoms with Crippen LogP contribution >= 0.6 is 0 Å². The molecule has 2 fully saturated rings. The summed E-state index contributed by atoms with van der Waals surface area (Å²) in [6, 6.07) is 9.19. The van der Waals surface area contributed by atoms with Gasteiger partial charge in [-0.15, -0.1) is 13.2 Å². The molecule has 25 heavy (non-hydrogen) atoms. The van der Waals surface area contributed by atoms with Gasteiger partial charge in [-0.25, -0.2) is 4.79 Å². The van der Waals surface area contributed by atoms with Crippen LogP contribution in [0.4, 0.5) is 4.79 Å². The minimum Gasteiger partial charge on any atom is -0.460 e. The lowest BCUT2D eigenvalue weighted by Crippen LogP contribution is -2.49. The Morgan fingerprint density at radius 2 is 1.96 bits per heavy atom. The van der Waals surface area contributed by atoms with Crippen LogP contribution < -0.4 is 0 Å². The molecule has 1 amide bonds. The number of nitrogens with zero attached hydrogens (tertiary/aromatic N) is 1. The third kappa shape index (κ3) is 3.06.